The van der Waals surface area contributed by atoms with Gasteiger partial charge in [0, 0.05) is 5.56 Å². The molecule has 0 aliphatic heterocycles. The SMILES string of the molecule is COc1cc(C(=O)[O-])ccc1OCC(C)C. The van der Waals surface area contributed by atoms with Crippen molar-refractivity contribution >= 4 is 5.97 Å². The second-order valence-electron chi connectivity index (χ2n) is 3.86. The first kappa shape index (κ1) is 12.4. The maximum atomic E-state index is 10.6. The number of aromatic carboxylic acids is 1. The summed E-state index contributed by atoms with van der Waals surface area (Å²) in [5, 5.41) is 10.6. The molecule has 4 nitrogen and oxygen atoms in total. The molecule has 0 unspecified atom stereocenters. The summed E-state index contributed by atoms with van der Waals surface area (Å²) in [5.74, 6) is 0.114. The summed E-state index contributed by atoms with van der Waals surface area (Å²) in [4.78, 5) is 10.6. The number of carbonyl (C=O) groups is 1. The van der Waals surface area contributed by atoms with Crippen molar-refractivity contribution in [3.05, 3.63) is 23.8 Å². The highest BCUT2D eigenvalue weighted by molar-refractivity contribution is 5.86. The van der Waals surface area contributed by atoms with Crippen LogP contribution in [0, 0.1) is 5.92 Å². The zero-order valence-electron chi connectivity index (χ0n) is 9.65. The smallest absolute Gasteiger partial charge is 0.161 e. The van der Waals surface area contributed by atoms with Crippen LogP contribution in [0.2, 0.25) is 0 Å². The van der Waals surface area contributed by atoms with Gasteiger partial charge in [-0.2, -0.15) is 0 Å². The normalized spacial score (nSPS) is 10.2. The minimum atomic E-state index is -1.23. The topological polar surface area (TPSA) is 58.6 Å². The maximum Gasteiger partial charge on any atom is 0.161 e. The lowest BCUT2D eigenvalue weighted by atomic mass is 10.2. The molecule has 0 aliphatic rings. The molecule has 0 saturated heterocycles. The van der Waals surface area contributed by atoms with E-state index in [0.717, 1.165) is 0 Å². The Balaban J connectivity index is 2.89. The number of carboxylic acid groups (broad SMARTS) is 1. The van der Waals surface area contributed by atoms with Gasteiger partial charge in [-0.3, -0.25) is 0 Å². The molecule has 0 aromatic heterocycles. The lowest BCUT2D eigenvalue weighted by Crippen LogP contribution is -2.22. The van der Waals surface area contributed by atoms with Gasteiger partial charge in [0.1, 0.15) is 0 Å². The Morgan fingerprint density at radius 3 is 2.56 bits per heavy atom. The van der Waals surface area contributed by atoms with Crippen molar-refractivity contribution in [2.45, 2.75) is 13.8 Å². The van der Waals surface area contributed by atoms with Crippen molar-refractivity contribution in [3.8, 4) is 11.5 Å². The number of ether oxygens (including phenoxy) is 2. The standard InChI is InChI=1S/C12H16O4/c1-8(2)7-16-10-5-4-9(12(13)14)6-11(10)15-3/h4-6,8H,7H2,1-3H3,(H,13,14)/p-1. The molecular formula is C12H15O4-. The number of rotatable bonds is 5. The van der Waals surface area contributed by atoms with Gasteiger partial charge in [0.05, 0.1) is 19.7 Å². The van der Waals surface area contributed by atoms with Gasteiger partial charge < -0.3 is 19.4 Å². The Kier molecular flexibility index (Phi) is 4.17. The number of methoxy groups -OCH3 is 1. The van der Waals surface area contributed by atoms with E-state index in [1.165, 1.54) is 19.2 Å². The first-order valence-electron chi connectivity index (χ1n) is 5.06. The number of benzene rings is 1. The monoisotopic (exact) mass is 223 g/mol. The lowest BCUT2D eigenvalue weighted by Gasteiger charge is -2.13. The van der Waals surface area contributed by atoms with Gasteiger partial charge in [0.2, 0.25) is 0 Å². The number of hydrogen-bond donors (Lipinski definition) is 0. The Labute approximate surface area is 94.8 Å². The first-order chi connectivity index (χ1) is 7.54. The highest BCUT2D eigenvalue weighted by Crippen LogP contribution is 2.28. The van der Waals surface area contributed by atoms with Crippen molar-refractivity contribution < 1.29 is 19.4 Å². The summed E-state index contributed by atoms with van der Waals surface area (Å²) >= 11 is 0. The Bertz CT molecular complexity index is 371. The molecule has 0 N–H and O–H groups in total. The zero-order valence-corrected chi connectivity index (χ0v) is 9.65. The summed E-state index contributed by atoms with van der Waals surface area (Å²) in [6, 6.07) is 4.41. The van der Waals surface area contributed by atoms with Gasteiger partial charge in [-0.1, -0.05) is 13.8 Å². The second-order valence-corrected chi connectivity index (χ2v) is 3.86. The summed E-state index contributed by atoms with van der Waals surface area (Å²) < 4.78 is 10.5. The van der Waals surface area contributed by atoms with Crippen molar-refractivity contribution in [3.63, 3.8) is 0 Å². The third-order valence-corrected chi connectivity index (χ3v) is 1.97. The van der Waals surface area contributed by atoms with Gasteiger partial charge in [-0.05, 0) is 24.1 Å². The molecule has 0 saturated carbocycles. The molecule has 0 amide bonds. The lowest BCUT2D eigenvalue weighted by molar-refractivity contribution is -0.255. The van der Waals surface area contributed by atoms with E-state index in [4.69, 9.17) is 9.47 Å². The highest BCUT2D eigenvalue weighted by Gasteiger charge is 2.07. The van der Waals surface area contributed by atoms with Crippen molar-refractivity contribution in [1.29, 1.82) is 0 Å². The average Bonchev–Trinajstić information content (AvgIpc) is 2.25. The van der Waals surface area contributed by atoms with E-state index in [1.807, 2.05) is 13.8 Å². The molecule has 0 aliphatic carbocycles. The minimum Gasteiger partial charge on any atom is -0.545 e. The molecule has 0 atom stereocenters. The van der Waals surface area contributed by atoms with E-state index in [1.54, 1.807) is 6.07 Å². The Hall–Kier alpha value is -1.71. The molecule has 1 aromatic rings. The zero-order chi connectivity index (χ0) is 12.1. The number of carboxylic acids is 1. The van der Waals surface area contributed by atoms with E-state index in [-0.39, 0.29) is 5.56 Å². The van der Waals surface area contributed by atoms with Gasteiger partial charge in [-0.25, -0.2) is 0 Å². The molecule has 4 heteroatoms. The molecule has 1 rings (SSSR count). The highest BCUT2D eigenvalue weighted by atomic mass is 16.5. The largest absolute Gasteiger partial charge is 0.545 e. The average molecular weight is 223 g/mol. The van der Waals surface area contributed by atoms with E-state index >= 15 is 0 Å². The number of hydrogen-bond acceptors (Lipinski definition) is 4. The minimum absolute atomic E-state index is 0.0775. The molecule has 16 heavy (non-hydrogen) atoms. The fourth-order valence-corrected chi connectivity index (χ4v) is 1.17. The molecule has 0 heterocycles. The summed E-state index contributed by atoms with van der Waals surface area (Å²) in [5.41, 5.74) is 0.0775. The summed E-state index contributed by atoms with van der Waals surface area (Å²) in [6.45, 7) is 4.62. The van der Waals surface area contributed by atoms with Gasteiger partial charge in [0.25, 0.3) is 0 Å². The summed E-state index contributed by atoms with van der Waals surface area (Å²) in [6.07, 6.45) is 0. The van der Waals surface area contributed by atoms with Crippen LogP contribution >= 0.6 is 0 Å². The first-order valence-corrected chi connectivity index (χ1v) is 5.06. The molecule has 0 fully saturated rings. The van der Waals surface area contributed by atoms with Gasteiger partial charge in [-0.15, -0.1) is 0 Å². The molecule has 88 valence electrons. The van der Waals surface area contributed by atoms with E-state index in [9.17, 15) is 9.90 Å². The molecule has 0 bridgehead atoms. The van der Waals surface area contributed by atoms with Crippen molar-refractivity contribution in [2.24, 2.45) is 5.92 Å². The fourth-order valence-electron chi connectivity index (χ4n) is 1.17. The van der Waals surface area contributed by atoms with Crippen LogP contribution in [0.3, 0.4) is 0 Å². The van der Waals surface area contributed by atoms with Crippen LogP contribution in [0.25, 0.3) is 0 Å². The van der Waals surface area contributed by atoms with Crippen LogP contribution in [-0.2, 0) is 0 Å². The van der Waals surface area contributed by atoms with E-state index in [0.29, 0.717) is 24.0 Å². The Morgan fingerprint density at radius 2 is 2.06 bits per heavy atom. The van der Waals surface area contributed by atoms with Gasteiger partial charge >= 0.3 is 0 Å². The summed E-state index contributed by atoms with van der Waals surface area (Å²) in [7, 11) is 1.47. The van der Waals surface area contributed by atoms with Gasteiger partial charge in [0.15, 0.2) is 11.5 Å². The van der Waals surface area contributed by atoms with Crippen LogP contribution in [0.15, 0.2) is 18.2 Å². The predicted octanol–water partition coefficient (Wildman–Crippen LogP) is 1.09. The molecular weight excluding hydrogens is 208 g/mol. The quantitative estimate of drug-likeness (QED) is 0.749. The third kappa shape index (κ3) is 3.15. The van der Waals surface area contributed by atoms with Crippen molar-refractivity contribution in [1.82, 2.24) is 0 Å². The van der Waals surface area contributed by atoms with E-state index < -0.39 is 5.97 Å². The van der Waals surface area contributed by atoms with Crippen LogP contribution in [-0.4, -0.2) is 19.7 Å². The van der Waals surface area contributed by atoms with Crippen molar-refractivity contribution in [2.75, 3.05) is 13.7 Å². The molecule has 0 spiro atoms. The van der Waals surface area contributed by atoms with Crippen LogP contribution in [0.5, 0.6) is 11.5 Å². The second kappa shape index (κ2) is 5.39. The van der Waals surface area contributed by atoms with Crippen LogP contribution in [0.1, 0.15) is 24.2 Å². The molecule has 1 aromatic carbocycles. The predicted molar refractivity (Wildman–Crippen MR) is 57.7 cm³/mol. The third-order valence-electron chi connectivity index (χ3n) is 1.97. The fraction of sp³-hybridized carbons (Fsp3) is 0.417. The van der Waals surface area contributed by atoms with Crippen LogP contribution < -0.4 is 14.6 Å². The number of carbonyl (C=O) groups excluding carboxylic acids is 1. The maximum absolute atomic E-state index is 10.6. The Morgan fingerprint density at radius 1 is 1.38 bits per heavy atom. The van der Waals surface area contributed by atoms with Crippen LogP contribution in [0.4, 0.5) is 0 Å². The van der Waals surface area contributed by atoms with E-state index in [2.05, 4.69) is 0 Å². The molecule has 0 radical (unpaired) electrons.